The Morgan fingerprint density at radius 2 is 1.87 bits per heavy atom. The van der Waals surface area contributed by atoms with Gasteiger partial charge in [-0.2, -0.15) is 0 Å². The zero-order valence-electron chi connectivity index (χ0n) is 17.1. The minimum Gasteiger partial charge on any atom is -0.507 e. The Morgan fingerprint density at radius 1 is 1.10 bits per heavy atom. The number of carbonyl (C=O) groups excluding carboxylic acids is 2. The molecule has 2 heterocycles. The average Bonchev–Trinajstić information content (AvgIpc) is 3.40. The Labute approximate surface area is 174 Å². The summed E-state index contributed by atoms with van der Waals surface area (Å²) < 4.78 is 16.2. The Kier molecular flexibility index (Phi) is 5.53. The van der Waals surface area contributed by atoms with Crippen molar-refractivity contribution in [2.24, 2.45) is 0 Å². The second-order valence-corrected chi connectivity index (χ2v) is 7.58. The van der Waals surface area contributed by atoms with Crippen LogP contribution in [0.3, 0.4) is 0 Å². The first kappa shape index (κ1) is 20.1. The number of hydrogen-bond donors (Lipinski definition) is 1. The molecular formula is C23H25NO6. The largest absolute Gasteiger partial charge is 0.507 e. The number of carbonyl (C=O) groups is 2. The number of furan rings is 1. The van der Waals surface area contributed by atoms with E-state index in [1.54, 1.807) is 35.2 Å². The smallest absolute Gasteiger partial charge is 0.296 e. The molecule has 1 aromatic heterocycles. The molecule has 158 valence electrons. The molecule has 1 aliphatic heterocycles. The molecule has 0 bridgehead atoms. The van der Waals surface area contributed by atoms with Crippen LogP contribution in [0.4, 0.5) is 0 Å². The molecular weight excluding hydrogens is 386 g/mol. The van der Waals surface area contributed by atoms with Gasteiger partial charge >= 0.3 is 0 Å². The fourth-order valence-electron chi connectivity index (χ4n) is 4.46. The monoisotopic (exact) mass is 411 g/mol. The minimum atomic E-state index is -0.779. The first-order valence-electron chi connectivity index (χ1n) is 10.1. The van der Waals surface area contributed by atoms with Gasteiger partial charge in [-0.1, -0.05) is 19.3 Å². The molecule has 30 heavy (non-hydrogen) atoms. The molecule has 2 aromatic rings. The number of hydrogen-bond acceptors (Lipinski definition) is 6. The number of likely N-dealkylation sites (tertiary alicyclic amines) is 1. The van der Waals surface area contributed by atoms with Crippen LogP contribution in [0, 0.1) is 0 Å². The molecule has 1 saturated heterocycles. The second-order valence-electron chi connectivity index (χ2n) is 7.58. The van der Waals surface area contributed by atoms with E-state index in [0.717, 1.165) is 32.1 Å². The van der Waals surface area contributed by atoms with Crippen LogP contribution in [0.2, 0.25) is 0 Å². The van der Waals surface area contributed by atoms with Crippen LogP contribution in [-0.4, -0.2) is 42.0 Å². The number of ether oxygens (including phenoxy) is 2. The predicted octanol–water partition coefficient (Wildman–Crippen LogP) is 4.05. The maximum absolute atomic E-state index is 13.1. The van der Waals surface area contributed by atoms with Crippen LogP contribution < -0.4 is 9.47 Å². The number of benzene rings is 1. The zero-order valence-corrected chi connectivity index (χ0v) is 17.1. The van der Waals surface area contributed by atoms with E-state index in [9.17, 15) is 14.7 Å². The molecule has 2 aliphatic rings. The summed E-state index contributed by atoms with van der Waals surface area (Å²) in [6, 6.07) is 7.52. The van der Waals surface area contributed by atoms with Crippen LogP contribution in [0.5, 0.6) is 11.5 Å². The number of rotatable bonds is 5. The Hall–Kier alpha value is -3.22. The van der Waals surface area contributed by atoms with E-state index in [2.05, 4.69) is 0 Å². The van der Waals surface area contributed by atoms with Crippen LogP contribution in [0.25, 0.3) is 5.76 Å². The summed E-state index contributed by atoms with van der Waals surface area (Å²) in [6.07, 6.45) is 6.28. The van der Waals surface area contributed by atoms with E-state index in [1.807, 2.05) is 0 Å². The van der Waals surface area contributed by atoms with Crippen molar-refractivity contribution in [3.63, 3.8) is 0 Å². The van der Waals surface area contributed by atoms with E-state index in [4.69, 9.17) is 13.9 Å². The summed E-state index contributed by atoms with van der Waals surface area (Å²) in [7, 11) is 2.99. The lowest BCUT2D eigenvalue weighted by Gasteiger charge is -2.34. The van der Waals surface area contributed by atoms with E-state index in [0.29, 0.717) is 17.3 Å². The van der Waals surface area contributed by atoms with Crippen molar-refractivity contribution in [2.75, 3.05) is 14.2 Å². The summed E-state index contributed by atoms with van der Waals surface area (Å²) in [5, 5.41) is 11.2. The fraction of sp³-hybridized carbons (Fsp3) is 0.391. The van der Waals surface area contributed by atoms with E-state index >= 15 is 0 Å². The van der Waals surface area contributed by atoms with Crippen molar-refractivity contribution in [3.8, 4) is 11.5 Å². The van der Waals surface area contributed by atoms with Crippen LogP contribution >= 0.6 is 0 Å². The number of aliphatic hydroxyl groups excluding tert-OH is 1. The molecule has 0 spiro atoms. The second kappa shape index (κ2) is 8.26. The van der Waals surface area contributed by atoms with Gasteiger partial charge in [-0.05, 0) is 43.2 Å². The molecule has 1 N–H and O–H groups in total. The lowest BCUT2D eigenvalue weighted by Crippen LogP contribution is -2.40. The molecule has 2 fully saturated rings. The number of amides is 1. The predicted molar refractivity (Wildman–Crippen MR) is 109 cm³/mol. The molecule has 1 saturated carbocycles. The Morgan fingerprint density at radius 3 is 2.50 bits per heavy atom. The van der Waals surface area contributed by atoms with Crippen LogP contribution in [-0.2, 0) is 9.59 Å². The molecule has 1 aromatic carbocycles. The maximum Gasteiger partial charge on any atom is 0.296 e. The molecule has 1 atom stereocenters. The topological polar surface area (TPSA) is 89.2 Å². The molecule has 1 amide bonds. The molecule has 1 aliphatic carbocycles. The van der Waals surface area contributed by atoms with E-state index in [1.165, 1.54) is 20.5 Å². The number of Topliss-reactive ketones (excluding diaryl/α,β-unsaturated/α-hetero) is 1. The third-order valence-electron chi connectivity index (χ3n) is 5.92. The van der Waals surface area contributed by atoms with Crippen molar-refractivity contribution in [1.82, 2.24) is 4.90 Å². The molecule has 0 radical (unpaired) electrons. The van der Waals surface area contributed by atoms with Crippen LogP contribution in [0.15, 0.2) is 46.6 Å². The lowest BCUT2D eigenvalue weighted by molar-refractivity contribution is -0.142. The van der Waals surface area contributed by atoms with Gasteiger partial charge < -0.3 is 23.9 Å². The quantitative estimate of drug-likeness (QED) is 0.454. The van der Waals surface area contributed by atoms with E-state index < -0.39 is 17.7 Å². The maximum atomic E-state index is 13.1. The highest BCUT2D eigenvalue weighted by atomic mass is 16.5. The van der Waals surface area contributed by atoms with E-state index in [-0.39, 0.29) is 22.9 Å². The molecule has 7 heteroatoms. The van der Waals surface area contributed by atoms with Crippen LogP contribution in [0.1, 0.15) is 49.5 Å². The van der Waals surface area contributed by atoms with Crippen molar-refractivity contribution in [1.29, 1.82) is 0 Å². The summed E-state index contributed by atoms with van der Waals surface area (Å²) in [5.74, 6) is -0.313. The summed E-state index contributed by atoms with van der Waals surface area (Å²) in [4.78, 5) is 27.8. The highest BCUT2D eigenvalue weighted by molar-refractivity contribution is 6.46. The summed E-state index contributed by atoms with van der Waals surface area (Å²) in [5.41, 5.74) is 0.294. The third-order valence-corrected chi connectivity index (χ3v) is 5.92. The van der Waals surface area contributed by atoms with Crippen molar-refractivity contribution in [3.05, 3.63) is 53.5 Å². The van der Waals surface area contributed by atoms with Crippen molar-refractivity contribution < 1.29 is 28.6 Å². The molecule has 7 nitrogen and oxygen atoms in total. The van der Waals surface area contributed by atoms with Crippen molar-refractivity contribution in [2.45, 2.75) is 44.2 Å². The Bertz CT molecular complexity index is 972. The average molecular weight is 411 g/mol. The Balaban J connectivity index is 1.88. The normalized spacial score (nSPS) is 21.8. The number of ketones is 1. The number of nitrogens with zero attached hydrogens (tertiary/aromatic N) is 1. The molecule has 1 unspecified atom stereocenters. The molecule has 4 rings (SSSR count). The van der Waals surface area contributed by atoms with Gasteiger partial charge in [0.1, 0.15) is 29.1 Å². The minimum absolute atomic E-state index is 0.00655. The van der Waals surface area contributed by atoms with Gasteiger partial charge in [0, 0.05) is 6.04 Å². The first-order valence-corrected chi connectivity index (χ1v) is 10.1. The van der Waals surface area contributed by atoms with Gasteiger partial charge in [-0.25, -0.2) is 0 Å². The highest BCUT2D eigenvalue weighted by Gasteiger charge is 2.50. The SMILES string of the molecule is COc1ccc(OC)c(/C(O)=C2/C(=O)C(=O)N(C3CCCCC3)C2c2ccco2)c1. The summed E-state index contributed by atoms with van der Waals surface area (Å²) in [6.45, 7) is 0. The summed E-state index contributed by atoms with van der Waals surface area (Å²) >= 11 is 0. The van der Waals surface area contributed by atoms with Gasteiger partial charge in [0.2, 0.25) is 0 Å². The third kappa shape index (κ3) is 3.34. The van der Waals surface area contributed by atoms with Gasteiger partial charge in [0.25, 0.3) is 11.7 Å². The number of methoxy groups -OCH3 is 2. The first-order chi connectivity index (χ1) is 14.6. The van der Waals surface area contributed by atoms with Gasteiger partial charge in [0.15, 0.2) is 0 Å². The van der Waals surface area contributed by atoms with Gasteiger partial charge in [0.05, 0.1) is 31.6 Å². The number of aliphatic hydroxyl groups is 1. The zero-order chi connectivity index (χ0) is 21.3. The van der Waals surface area contributed by atoms with Gasteiger partial charge in [-0.3, -0.25) is 9.59 Å². The standard InChI is InChI=1S/C23H25NO6/c1-28-15-10-11-17(29-2)16(13-15)21(25)19-20(18-9-6-12-30-18)24(23(27)22(19)26)14-7-4-3-5-8-14/h6,9-14,20,25H,3-5,7-8H2,1-2H3/b21-19-. The van der Waals surface area contributed by atoms with Crippen molar-refractivity contribution >= 4 is 17.4 Å². The highest BCUT2D eigenvalue weighted by Crippen LogP contribution is 2.44. The lowest BCUT2D eigenvalue weighted by atomic mass is 9.92. The van der Waals surface area contributed by atoms with Gasteiger partial charge in [-0.15, -0.1) is 0 Å². The fourth-order valence-corrected chi connectivity index (χ4v) is 4.46.